The van der Waals surface area contributed by atoms with E-state index in [-0.39, 0.29) is 5.91 Å². The second-order valence-corrected chi connectivity index (χ2v) is 5.57. The van der Waals surface area contributed by atoms with Gasteiger partial charge in [-0.2, -0.15) is 5.10 Å². The van der Waals surface area contributed by atoms with Gasteiger partial charge in [-0.25, -0.2) is 0 Å². The number of nitrogens with zero attached hydrogens (tertiary/aromatic N) is 3. The molecule has 104 valence electrons. The summed E-state index contributed by atoms with van der Waals surface area (Å²) in [5.41, 5.74) is 1.02. The molecule has 0 bridgehead atoms. The van der Waals surface area contributed by atoms with E-state index in [2.05, 4.69) is 27.4 Å². The maximum Gasteiger partial charge on any atom is 0.236 e. The normalized spacial score (nSPS) is 21.9. The van der Waals surface area contributed by atoms with Crippen molar-refractivity contribution in [2.45, 2.75) is 44.7 Å². The van der Waals surface area contributed by atoms with Gasteiger partial charge in [0.1, 0.15) is 0 Å². The Morgan fingerprint density at radius 3 is 3.00 bits per heavy atom. The first-order valence-corrected chi connectivity index (χ1v) is 7.35. The molecule has 0 radical (unpaired) electrons. The summed E-state index contributed by atoms with van der Waals surface area (Å²) in [6, 6.07) is 2.64. The van der Waals surface area contributed by atoms with Gasteiger partial charge in [-0.05, 0) is 31.9 Å². The molecule has 2 heterocycles. The molecule has 2 aliphatic rings. The molecule has 5 heteroatoms. The summed E-state index contributed by atoms with van der Waals surface area (Å²) in [4.78, 5) is 13.8. The van der Waals surface area contributed by atoms with Crippen LogP contribution in [0.4, 0.5) is 0 Å². The number of carbonyl (C=O) groups is 1. The minimum absolute atomic E-state index is 0.188. The van der Waals surface area contributed by atoms with Crippen LogP contribution in [0.5, 0.6) is 0 Å². The third kappa shape index (κ3) is 2.97. The van der Waals surface area contributed by atoms with E-state index in [4.69, 9.17) is 0 Å². The molecule has 3 rings (SSSR count). The Morgan fingerprint density at radius 2 is 2.16 bits per heavy atom. The Bertz CT molecular complexity index is 436. The van der Waals surface area contributed by atoms with Gasteiger partial charge in [0.25, 0.3) is 0 Å². The Morgan fingerprint density at radius 1 is 1.32 bits per heavy atom. The van der Waals surface area contributed by atoms with Crippen LogP contribution in [0, 0.1) is 0 Å². The highest BCUT2D eigenvalue weighted by Gasteiger charge is 2.20. The minimum atomic E-state index is 0.188. The zero-order valence-corrected chi connectivity index (χ0v) is 11.3. The first-order valence-electron chi connectivity index (χ1n) is 7.35. The maximum atomic E-state index is 11.9. The fraction of sp³-hybridized carbons (Fsp3) is 0.714. The van der Waals surface area contributed by atoms with Crippen molar-refractivity contribution in [3.63, 3.8) is 0 Å². The second kappa shape index (κ2) is 5.74. The largest absolute Gasteiger partial charge is 0.336 e. The average Bonchev–Trinajstić information content (AvgIpc) is 3.03. The topological polar surface area (TPSA) is 50.2 Å². The molecule has 1 saturated heterocycles. The first kappa shape index (κ1) is 12.7. The van der Waals surface area contributed by atoms with Crippen LogP contribution in [0.15, 0.2) is 12.3 Å². The molecule has 5 nitrogen and oxygen atoms in total. The van der Waals surface area contributed by atoms with Crippen molar-refractivity contribution in [2.24, 2.45) is 0 Å². The van der Waals surface area contributed by atoms with Gasteiger partial charge in [-0.3, -0.25) is 9.48 Å². The summed E-state index contributed by atoms with van der Waals surface area (Å²) in [5, 5.41) is 7.80. The lowest BCUT2D eigenvalue weighted by Gasteiger charge is -2.18. The number of hydrogen-bond donors (Lipinski definition) is 1. The van der Waals surface area contributed by atoms with Crippen LogP contribution in [-0.2, 0) is 11.3 Å². The van der Waals surface area contributed by atoms with Crippen molar-refractivity contribution in [1.82, 2.24) is 20.0 Å². The van der Waals surface area contributed by atoms with E-state index < -0.39 is 0 Å². The van der Waals surface area contributed by atoms with Crippen molar-refractivity contribution < 1.29 is 4.79 Å². The van der Waals surface area contributed by atoms with Crippen LogP contribution in [0.2, 0.25) is 0 Å². The molecule has 1 aliphatic carbocycles. The van der Waals surface area contributed by atoms with Crippen molar-refractivity contribution in [3.8, 4) is 0 Å². The SMILES string of the molecule is O=C1CNCCCN1Cc1ccn(C2CCCC2)n1. The Balaban J connectivity index is 1.64. The van der Waals surface area contributed by atoms with Crippen LogP contribution in [-0.4, -0.2) is 40.2 Å². The lowest BCUT2D eigenvalue weighted by atomic mass is 10.3. The molecule has 1 aromatic rings. The number of aromatic nitrogens is 2. The van der Waals surface area contributed by atoms with E-state index in [0.29, 0.717) is 19.1 Å². The van der Waals surface area contributed by atoms with Crippen LogP contribution in [0.3, 0.4) is 0 Å². The third-order valence-corrected chi connectivity index (χ3v) is 4.13. The predicted octanol–water partition coefficient (Wildman–Crippen LogP) is 1.32. The second-order valence-electron chi connectivity index (χ2n) is 5.57. The van der Waals surface area contributed by atoms with Crippen LogP contribution >= 0.6 is 0 Å². The van der Waals surface area contributed by atoms with Gasteiger partial charge in [0.05, 0.1) is 24.8 Å². The van der Waals surface area contributed by atoms with E-state index in [1.54, 1.807) is 0 Å². The van der Waals surface area contributed by atoms with Gasteiger partial charge in [0.15, 0.2) is 0 Å². The summed E-state index contributed by atoms with van der Waals surface area (Å²) in [6.07, 6.45) is 8.22. The number of nitrogens with one attached hydrogen (secondary N) is 1. The predicted molar refractivity (Wildman–Crippen MR) is 72.6 cm³/mol. The molecule has 1 saturated carbocycles. The van der Waals surface area contributed by atoms with Gasteiger partial charge in [-0.15, -0.1) is 0 Å². The molecule has 1 aromatic heterocycles. The average molecular weight is 262 g/mol. The summed E-state index contributed by atoms with van der Waals surface area (Å²) >= 11 is 0. The van der Waals surface area contributed by atoms with Crippen molar-refractivity contribution in [2.75, 3.05) is 19.6 Å². The summed E-state index contributed by atoms with van der Waals surface area (Å²) < 4.78 is 2.10. The molecule has 0 aromatic carbocycles. The Labute approximate surface area is 114 Å². The van der Waals surface area contributed by atoms with E-state index in [1.807, 2.05) is 4.90 Å². The van der Waals surface area contributed by atoms with Gasteiger partial charge in [0.2, 0.25) is 5.91 Å². The van der Waals surface area contributed by atoms with Gasteiger partial charge in [-0.1, -0.05) is 12.8 Å². The molecule has 0 unspecified atom stereocenters. The number of amides is 1. The van der Waals surface area contributed by atoms with Gasteiger partial charge >= 0.3 is 0 Å². The van der Waals surface area contributed by atoms with E-state index in [1.165, 1.54) is 25.7 Å². The fourth-order valence-corrected chi connectivity index (χ4v) is 3.02. The van der Waals surface area contributed by atoms with Crippen molar-refractivity contribution in [1.29, 1.82) is 0 Å². The number of hydrogen-bond acceptors (Lipinski definition) is 3. The van der Waals surface area contributed by atoms with Crippen molar-refractivity contribution in [3.05, 3.63) is 18.0 Å². The highest BCUT2D eigenvalue weighted by Crippen LogP contribution is 2.28. The molecule has 19 heavy (non-hydrogen) atoms. The quantitative estimate of drug-likeness (QED) is 0.894. The molecule has 1 aliphatic heterocycles. The van der Waals surface area contributed by atoms with Crippen LogP contribution in [0.25, 0.3) is 0 Å². The molecular weight excluding hydrogens is 240 g/mol. The van der Waals surface area contributed by atoms with Crippen LogP contribution in [0.1, 0.15) is 43.8 Å². The molecule has 0 spiro atoms. The molecular formula is C14H22N4O. The molecule has 1 N–H and O–H groups in total. The lowest BCUT2D eigenvalue weighted by Crippen LogP contribution is -2.34. The van der Waals surface area contributed by atoms with E-state index >= 15 is 0 Å². The maximum absolute atomic E-state index is 11.9. The first-order chi connectivity index (χ1) is 9.33. The monoisotopic (exact) mass is 262 g/mol. The molecule has 2 fully saturated rings. The summed E-state index contributed by atoms with van der Waals surface area (Å²) in [7, 11) is 0. The van der Waals surface area contributed by atoms with E-state index in [9.17, 15) is 4.79 Å². The smallest absolute Gasteiger partial charge is 0.236 e. The fourth-order valence-electron chi connectivity index (χ4n) is 3.02. The Hall–Kier alpha value is -1.36. The highest BCUT2D eigenvalue weighted by molar-refractivity contribution is 5.78. The standard InChI is InChI=1S/C14H22N4O/c19-14-10-15-7-3-8-17(14)11-12-6-9-18(16-12)13-4-1-2-5-13/h6,9,13,15H,1-5,7-8,10-11H2. The summed E-state index contributed by atoms with van der Waals surface area (Å²) in [5.74, 6) is 0.188. The van der Waals surface area contributed by atoms with Crippen molar-refractivity contribution >= 4 is 5.91 Å². The van der Waals surface area contributed by atoms with Gasteiger partial charge < -0.3 is 10.2 Å². The van der Waals surface area contributed by atoms with Crippen LogP contribution < -0.4 is 5.32 Å². The molecule has 0 atom stereocenters. The van der Waals surface area contributed by atoms with Gasteiger partial charge in [0, 0.05) is 12.7 Å². The highest BCUT2D eigenvalue weighted by atomic mass is 16.2. The number of rotatable bonds is 3. The lowest BCUT2D eigenvalue weighted by molar-refractivity contribution is -0.130. The minimum Gasteiger partial charge on any atom is -0.336 e. The summed E-state index contributed by atoms with van der Waals surface area (Å²) in [6.45, 7) is 2.88. The zero-order chi connectivity index (χ0) is 13.1. The third-order valence-electron chi connectivity index (χ3n) is 4.13. The zero-order valence-electron chi connectivity index (χ0n) is 11.3. The Kier molecular flexibility index (Phi) is 3.82. The molecule has 1 amide bonds. The van der Waals surface area contributed by atoms with E-state index in [0.717, 1.165) is 25.2 Å². The number of carbonyl (C=O) groups excluding carboxylic acids is 1.